The molecule has 0 spiro atoms. The van der Waals surface area contributed by atoms with Crippen LogP contribution in [0, 0.1) is 0 Å². The molecule has 0 fully saturated rings. The van der Waals surface area contributed by atoms with E-state index in [0.717, 1.165) is 5.56 Å². The number of nitrogens with zero attached hydrogens (tertiary/aromatic N) is 1. The van der Waals surface area contributed by atoms with Gasteiger partial charge >= 0.3 is 0 Å². The molecule has 0 bridgehead atoms. The zero-order valence-corrected chi connectivity index (χ0v) is 11.6. The van der Waals surface area contributed by atoms with Gasteiger partial charge in [0, 0.05) is 5.02 Å². The first kappa shape index (κ1) is 14.1. The predicted molar refractivity (Wildman–Crippen MR) is 79.5 cm³/mol. The zero-order valence-electron chi connectivity index (χ0n) is 10.8. The van der Waals surface area contributed by atoms with Gasteiger partial charge in [0.05, 0.1) is 18.9 Å². The van der Waals surface area contributed by atoms with Gasteiger partial charge in [0.25, 0.3) is 5.91 Å². The molecule has 1 amide bonds. The van der Waals surface area contributed by atoms with E-state index in [1.807, 2.05) is 12.1 Å². The number of rotatable bonds is 4. The molecule has 0 heterocycles. The highest BCUT2D eigenvalue weighted by atomic mass is 35.5. The number of carbonyl (C=O) groups is 1. The molecule has 0 aromatic heterocycles. The average Bonchev–Trinajstić information content (AvgIpc) is 2.47. The first-order chi connectivity index (χ1) is 9.70. The lowest BCUT2D eigenvalue weighted by Gasteiger charge is -2.05. The third-order valence-corrected chi connectivity index (χ3v) is 2.82. The fraction of sp³-hybridized carbons (Fsp3) is 0.0667. The number of methoxy groups -OCH3 is 1. The van der Waals surface area contributed by atoms with E-state index in [2.05, 4.69) is 10.5 Å². The summed E-state index contributed by atoms with van der Waals surface area (Å²) in [4.78, 5) is 12.0. The molecular weight excluding hydrogens is 276 g/mol. The van der Waals surface area contributed by atoms with Crippen LogP contribution < -0.4 is 10.2 Å². The van der Waals surface area contributed by atoms with E-state index in [4.69, 9.17) is 16.3 Å². The van der Waals surface area contributed by atoms with E-state index in [1.54, 1.807) is 36.4 Å². The smallest absolute Gasteiger partial charge is 0.275 e. The Bertz CT molecular complexity index is 641. The van der Waals surface area contributed by atoms with Gasteiger partial charge in [-0.15, -0.1) is 0 Å². The van der Waals surface area contributed by atoms with Crippen molar-refractivity contribution in [1.29, 1.82) is 0 Å². The largest absolute Gasteiger partial charge is 0.496 e. The molecule has 20 heavy (non-hydrogen) atoms. The van der Waals surface area contributed by atoms with Crippen molar-refractivity contribution in [2.75, 3.05) is 7.11 Å². The van der Waals surface area contributed by atoms with E-state index < -0.39 is 0 Å². The van der Waals surface area contributed by atoms with Crippen LogP contribution in [0.4, 0.5) is 0 Å². The third-order valence-electron chi connectivity index (χ3n) is 2.58. The van der Waals surface area contributed by atoms with Gasteiger partial charge in [0.15, 0.2) is 0 Å². The molecule has 0 saturated carbocycles. The van der Waals surface area contributed by atoms with Gasteiger partial charge in [-0.25, -0.2) is 5.43 Å². The summed E-state index contributed by atoms with van der Waals surface area (Å²) in [5.74, 6) is 0.170. The molecule has 0 unspecified atom stereocenters. The lowest BCUT2D eigenvalue weighted by molar-refractivity contribution is 0.0952. The van der Waals surface area contributed by atoms with Crippen LogP contribution in [0.25, 0.3) is 0 Å². The van der Waals surface area contributed by atoms with Crippen LogP contribution in [-0.2, 0) is 0 Å². The normalized spacial score (nSPS) is 10.5. The van der Waals surface area contributed by atoms with Gasteiger partial charge in [0.2, 0.25) is 0 Å². The summed E-state index contributed by atoms with van der Waals surface area (Å²) < 4.78 is 5.12. The SMILES string of the molecule is COc1ccccc1C(=O)N/N=C\c1cccc(Cl)c1. The highest BCUT2D eigenvalue weighted by Crippen LogP contribution is 2.16. The molecule has 1 N–H and O–H groups in total. The van der Waals surface area contributed by atoms with Gasteiger partial charge in [0.1, 0.15) is 5.75 Å². The summed E-state index contributed by atoms with van der Waals surface area (Å²) in [5, 5.41) is 4.51. The van der Waals surface area contributed by atoms with Crippen molar-refractivity contribution in [2.24, 2.45) is 5.10 Å². The molecule has 0 aliphatic heterocycles. The van der Waals surface area contributed by atoms with Crippen molar-refractivity contribution in [2.45, 2.75) is 0 Å². The Morgan fingerprint density at radius 3 is 2.80 bits per heavy atom. The average molecular weight is 289 g/mol. The van der Waals surface area contributed by atoms with Crippen molar-refractivity contribution < 1.29 is 9.53 Å². The van der Waals surface area contributed by atoms with Gasteiger partial charge in [-0.05, 0) is 29.8 Å². The van der Waals surface area contributed by atoms with E-state index in [9.17, 15) is 4.79 Å². The van der Waals surface area contributed by atoms with Crippen molar-refractivity contribution in [1.82, 2.24) is 5.43 Å². The summed E-state index contributed by atoms with van der Waals surface area (Å²) in [6, 6.07) is 14.1. The molecule has 0 radical (unpaired) electrons. The molecule has 5 heteroatoms. The molecular formula is C15H13ClN2O2. The number of amides is 1. The minimum absolute atomic E-state index is 0.333. The second-order valence-corrected chi connectivity index (χ2v) is 4.39. The Morgan fingerprint density at radius 2 is 2.05 bits per heavy atom. The van der Waals surface area contributed by atoms with Crippen LogP contribution in [0.15, 0.2) is 53.6 Å². The quantitative estimate of drug-likeness (QED) is 0.694. The van der Waals surface area contributed by atoms with Crippen molar-refractivity contribution in [3.05, 3.63) is 64.7 Å². The van der Waals surface area contributed by atoms with Gasteiger partial charge in [-0.3, -0.25) is 4.79 Å². The van der Waals surface area contributed by atoms with Gasteiger partial charge in [-0.2, -0.15) is 5.10 Å². The zero-order chi connectivity index (χ0) is 14.4. The highest BCUT2D eigenvalue weighted by molar-refractivity contribution is 6.30. The molecule has 2 aromatic rings. The summed E-state index contributed by atoms with van der Waals surface area (Å²) >= 11 is 5.86. The Balaban J connectivity index is 2.05. The van der Waals surface area contributed by atoms with Crippen LogP contribution in [0.3, 0.4) is 0 Å². The molecule has 2 aromatic carbocycles. The summed E-state index contributed by atoms with van der Waals surface area (Å²) in [5.41, 5.74) is 3.68. The molecule has 0 aliphatic rings. The number of hydrazone groups is 1. The number of ether oxygens (including phenoxy) is 1. The number of carbonyl (C=O) groups excluding carboxylic acids is 1. The summed E-state index contributed by atoms with van der Waals surface area (Å²) in [7, 11) is 1.52. The summed E-state index contributed by atoms with van der Waals surface area (Å²) in [6.07, 6.45) is 1.53. The number of hydrogen-bond acceptors (Lipinski definition) is 3. The number of halogens is 1. The monoisotopic (exact) mass is 288 g/mol. The molecule has 0 saturated heterocycles. The Morgan fingerprint density at radius 1 is 1.25 bits per heavy atom. The maximum absolute atomic E-state index is 12.0. The van der Waals surface area contributed by atoms with Crippen molar-refractivity contribution >= 4 is 23.7 Å². The second kappa shape index (κ2) is 6.73. The van der Waals surface area contributed by atoms with E-state index >= 15 is 0 Å². The molecule has 102 valence electrons. The number of hydrogen-bond donors (Lipinski definition) is 1. The molecule has 0 aliphatic carbocycles. The van der Waals surface area contributed by atoms with Crippen LogP contribution in [0.1, 0.15) is 15.9 Å². The number of para-hydroxylation sites is 1. The Labute approximate surface area is 122 Å². The first-order valence-electron chi connectivity index (χ1n) is 5.92. The third kappa shape index (κ3) is 3.59. The number of nitrogens with one attached hydrogen (secondary N) is 1. The number of benzene rings is 2. The van der Waals surface area contributed by atoms with Crippen LogP contribution in [-0.4, -0.2) is 19.2 Å². The fourth-order valence-electron chi connectivity index (χ4n) is 1.64. The molecule has 0 atom stereocenters. The highest BCUT2D eigenvalue weighted by Gasteiger charge is 2.09. The van der Waals surface area contributed by atoms with Crippen LogP contribution >= 0.6 is 11.6 Å². The Kier molecular flexibility index (Phi) is 4.74. The van der Waals surface area contributed by atoms with Crippen LogP contribution in [0.5, 0.6) is 5.75 Å². The summed E-state index contributed by atoms with van der Waals surface area (Å²) in [6.45, 7) is 0. The molecule has 4 nitrogen and oxygen atoms in total. The van der Waals surface area contributed by atoms with E-state index in [1.165, 1.54) is 13.3 Å². The van der Waals surface area contributed by atoms with E-state index in [-0.39, 0.29) is 5.91 Å². The first-order valence-corrected chi connectivity index (χ1v) is 6.30. The minimum Gasteiger partial charge on any atom is -0.496 e. The van der Waals surface area contributed by atoms with Gasteiger partial charge < -0.3 is 4.74 Å². The maximum Gasteiger partial charge on any atom is 0.275 e. The standard InChI is InChI=1S/C15H13ClN2O2/c1-20-14-8-3-2-7-13(14)15(19)18-17-10-11-5-4-6-12(16)9-11/h2-10H,1H3,(H,18,19)/b17-10-. The van der Waals surface area contributed by atoms with Gasteiger partial charge in [-0.1, -0.05) is 35.9 Å². The van der Waals surface area contributed by atoms with Crippen LogP contribution in [0.2, 0.25) is 5.02 Å². The maximum atomic E-state index is 12.0. The Hall–Kier alpha value is -2.33. The topological polar surface area (TPSA) is 50.7 Å². The minimum atomic E-state index is -0.333. The lowest BCUT2D eigenvalue weighted by atomic mass is 10.2. The van der Waals surface area contributed by atoms with Crippen molar-refractivity contribution in [3.8, 4) is 5.75 Å². The fourth-order valence-corrected chi connectivity index (χ4v) is 1.84. The lowest BCUT2D eigenvalue weighted by Crippen LogP contribution is -2.18. The predicted octanol–water partition coefficient (Wildman–Crippen LogP) is 3.11. The second-order valence-electron chi connectivity index (χ2n) is 3.95. The van der Waals surface area contributed by atoms with E-state index in [0.29, 0.717) is 16.3 Å². The van der Waals surface area contributed by atoms with Crippen molar-refractivity contribution in [3.63, 3.8) is 0 Å². The molecule has 2 rings (SSSR count).